The Morgan fingerprint density at radius 1 is 0.968 bits per heavy atom. The van der Waals surface area contributed by atoms with Crippen LogP contribution in [0.2, 0.25) is 10.0 Å². The summed E-state index contributed by atoms with van der Waals surface area (Å²) in [6.45, 7) is 0.215. The summed E-state index contributed by atoms with van der Waals surface area (Å²) < 4.78 is 11.2. The van der Waals surface area contributed by atoms with Gasteiger partial charge in [0.1, 0.15) is 6.61 Å². The lowest BCUT2D eigenvalue weighted by Crippen LogP contribution is -2.12. The van der Waals surface area contributed by atoms with Crippen molar-refractivity contribution in [2.24, 2.45) is 0 Å². The summed E-state index contributed by atoms with van der Waals surface area (Å²) in [5.41, 5.74) is 2.66. The molecular weight excluding hydrogens is 441 g/mol. The zero-order valence-electron chi connectivity index (χ0n) is 16.3. The van der Waals surface area contributed by atoms with Gasteiger partial charge in [-0.25, -0.2) is 4.79 Å². The average molecular weight is 458 g/mol. The number of nitrogens with one attached hydrogen (secondary N) is 3. The number of hydrogen-bond acceptors (Lipinski definition) is 4. The quantitative estimate of drug-likeness (QED) is 0.379. The predicted molar refractivity (Wildman–Crippen MR) is 121 cm³/mol. The van der Waals surface area contributed by atoms with Crippen LogP contribution in [0.25, 0.3) is 11.0 Å². The maximum atomic E-state index is 12.7. The first kappa shape index (κ1) is 20.8. The Kier molecular flexibility index (Phi) is 5.88. The van der Waals surface area contributed by atoms with Crippen LogP contribution in [0.3, 0.4) is 0 Å². The minimum Gasteiger partial charge on any atom is -0.493 e. The van der Waals surface area contributed by atoms with Crippen LogP contribution in [-0.2, 0) is 6.61 Å². The summed E-state index contributed by atoms with van der Waals surface area (Å²) in [5, 5.41) is 3.85. The number of ether oxygens (including phenoxy) is 2. The summed E-state index contributed by atoms with van der Waals surface area (Å²) >= 11 is 12.1. The van der Waals surface area contributed by atoms with Crippen molar-refractivity contribution in [3.8, 4) is 11.5 Å². The van der Waals surface area contributed by atoms with E-state index in [9.17, 15) is 9.59 Å². The molecular formula is C22H17Cl2N3O4. The molecule has 4 aromatic rings. The molecule has 0 fully saturated rings. The largest absolute Gasteiger partial charge is 0.493 e. The van der Waals surface area contributed by atoms with E-state index in [0.29, 0.717) is 43.8 Å². The summed E-state index contributed by atoms with van der Waals surface area (Å²) in [6, 6.07) is 15.1. The maximum absolute atomic E-state index is 12.7. The molecule has 0 bridgehead atoms. The number of fused-ring (bicyclic) bond motifs is 1. The Morgan fingerprint density at radius 3 is 2.55 bits per heavy atom. The normalized spacial score (nSPS) is 10.8. The molecule has 0 unspecified atom stereocenters. The van der Waals surface area contributed by atoms with E-state index in [4.69, 9.17) is 32.7 Å². The van der Waals surface area contributed by atoms with Gasteiger partial charge in [-0.15, -0.1) is 0 Å². The van der Waals surface area contributed by atoms with Crippen LogP contribution in [0.15, 0.2) is 59.4 Å². The van der Waals surface area contributed by atoms with E-state index in [1.807, 2.05) is 0 Å². The second kappa shape index (κ2) is 8.75. The highest BCUT2D eigenvalue weighted by molar-refractivity contribution is 6.35. The molecule has 0 aliphatic heterocycles. The molecule has 0 atom stereocenters. The Labute approximate surface area is 186 Å². The Bertz CT molecular complexity index is 1330. The molecule has 158 valence electrons. The maximum Gasteiger partial charge on any atom is 0.323 e. The smallest absolute Gasteiger partial charge is 0.323 e. The van der Waals surface area contributed by atoms with Crippen molar-refractivity contribution in [2.75, 3.05) is 12.4 Å². The molecule has 4 rings (SSSR count). The fourth-order valence-electron chi connectivity index (χ4n) is 3.04. The van der Waals surface area contributed by atoms with Crippen LogP contribution in [0.1, 0.15) is 15.9 Å². The molecule has 0 radical (unpaired) electrons. The molecule has 7 nitrogen and oxygen atoms in total. The molecule has 1 amide bonds. The number of halogens is 2. The number of imidazole rings is 1. The second-order valence-electron chi connectivity index (χ2n) is 6.68. The summed E-state index contributed by atoms with van der Waals surface area (Å²) in [7, 11) is 1.50. The fraction of sp³-hybridized carbons (Fsp3) is 0.0909. The van der Waals surface area contributed by atoms with Crippen LogP contribution in [0.4, 0.5) is 5.69 Å². The number of hydrogen-bond donors (Lipinski definition) is 3. The number of benzene rings is 3. The molecule has 31 heavy (non-hydrogen) atoms. The third-order valence-corrected chi connectivity index (χ3v) is 5.18. The first-order valence-corrected chi connectivity index (χ1v) is 9.96. The number of anilines is 1. The SMILES string of the molecule is COc1cc(C(=O)Nc2ccc3[nH]c(=O)[nH]c3c2)ccc1OCc1ccc(Cl)cc1Cl. The fourth-order valence-corrected chi connectivity index (χ4v) is 3.50. The van der Waals surface area contributed by atoms with Crippen LogP contribution < -0.4 is 20.5 Å². The number of carbonyl (C=O) groups is 1. The van der Waals surface area contributed by atoms with Gasteiger partial charge in [0.05, 0.1) is 18.1 Å². The van der Waals surface area contributed by atoms with E-state index >= 15 is 0 Å². The minimum absolute atomic E-state index is 0.215. The highest BCUT2D eigenvalue weighted by Crippen LogP contribution is 2.30. The Hall–Kier alpha value is -3.42. The van der Waals surface area contributed by atoms with E-state index < -0.39 is 0 Å². The Morgan fingerprint density at radius 2 is 1.77 bits per heavy atom. The minimum atomic E-state index is -0.331. The third kappa shape index (κ3) is 4.68. The zero-order chi connectivity index (χ0) is 22.0. The molecule has 1 heterocycles. The van der Waals surface area contributed by atoms with E-state index in [0.717, 1.165) is 5.56 Å². The number of rotatable bonds is 6. The number of aromatic nitrogens is 2. The molecule has 0 aliphatic rings. The lowest BCUT2D eigenvalue weighted by molar-refractivity contribution is 0.102. The molecule has 3 N–H and O–H groups in total. The molecule has 0 aliphatic carbocycles. The Balaban J connectivity index is 1.49. The van der Waals surface area contributed by atoms with Crippen molar-refractivity contribution in [1.82, 2.24) is 9.97 Å². The molecule has 1 aromatic heterocycles. The van der Waals surface area contributed by atoms with Crippen molar-refractivity contribution in [3.63, 3.8) is 0 Å². The van der Waals surface area contributed by atoms with Crippen molar-refractivity contribution in [1.29, 1.82) is 0 Å². The van der Waals surface area contributed by atoms with Gasteiger partial charge in [0.25, 0.3) is 5.91 Å². The van der Waals surface area contributed by atoms with Crippen LogP contribution >= 0.6 is 23.2 Å². The van der Waals surface area contributed by atoms with Crippen molar-refractivity contribution >= 4 is 45.8 Å². The summed E-state index contributed by atoms with van der Waals surface area (Å²) in [4.78, 5) is 29.4. The van der Waals surface area contributed by atoms with Gasteiger partial charge in [-0.2, -0.15) is 0 Å². The van der Waals surface area contributed by atoms with Gasteiger partial charge in [0.2, 0.25) is 0 Å². The van der Waals surface area contributed by atoms with Gasteiger partial charge in [-0.1, -0.05) is 29.3 Å². The lowest BCUT2D eigenvalue weighted by Gasteiger charge is -2.13. The highest BCUT2D eigenvalue weighted by Gasteiger charge is 2.13. The first-order valence-electron chi connectivity index (χ1n) is 9.21. The zero-order valence-corrected chi connectivity index (χ0v) is 17.8. The number of methoxy groups -OCH3 is 1. The van der Waals surface area contributed by atoms with E-state index in [1.54, 1.807) is 54.6 Å². The van der Waals surface area contributed by atoms with Crippen LogP contribution in [-0.4, -0.2) is 23.0 Å². The molecule has 3 aromatic carbocycles. The van der Waals surface area contributed by atoms with Crippen LogP contribution in [0, 0.1) is 0 Å². The van der Waals surface area contributed by atoms with E-state index in [1.165, 1.54) is 7.11 Å². The van der Waals surface area contributed by atoms with Crippen molar-refractivity contribution in [2.45, 2.75) is 6.61 Å². The molecule has 9 heteroatoms. The predicted octanol–water partition coefficient (Wildman–Crippen LogP) is 5.00. The summed E-state index contributed by atoms with van der Waals surface area (Å²) in [5.74, 6) is 0.544. The second-order valence-corrected chi connectivity index (χ2v) is 7.53. The summed E-state index contributed by atoms with van der Waals surface area (Å²) in [6.07, 6.45) is 0. The average Bonchev–Trinajstić information content (AvgIpc) is 3.12. The van der Waals surface area contributed by atoms with Gasteiger partial charge < -0.3 is 24.8 Å². The monoisotopic (exact) mass is 457 g/mol. The van der Waals surface area contributed by atoms with Crippen LogP contribution in [0.5, 0.6) is 11.5 Å². The number of carbonyl (C=O) groups excluding carboxylic acids is 1. The van der Waals surface area contributed by atoms with Gasteiger partial charge in [0, 0.05) is 26.9 Å². The topological polar surface area (TPSA) is 96.2 Å². The molecule has 0 spiro atoms. The van der Waals surface area contributed by atoms with Gasteiger partial charge in [-0.05, 0) is 48.5 Å². The van der Waals surface area contributed by atoms with E-state index in [2.05, 4.69) is 15.3 Å². The van der Waals surface area contributed by atoms with Crippen molar-refractivity contribution in [3.05, 3.63) is 86.3 Å². The molecule has 0 saturated carbocycles. The van der Waals surface area contributed by atoms with Gasteiger partial charge >= 0.3 is 5.69 Å². The van der Waals surface area contributed by atoms with Gasteiger partial charge in [0.15, 0.2) is 11.5 Å². The van der Waals surface area contributed by atoms with E-state index in [-0.39, 0.29) is 18.2 Å². The lowest BCUT2D eigenvalue weighted by atomic mass is 10.1. The third-order valence-electron chi connectivity index (χ3n) is 4.60. The van der Waals surface area contributed by atoms with Gasteiger partial charge in [-0.3, -0.25) is 4.79 Å². The number of H-pyrrole nitrogens is 2. The molecule has 0 saturated heterocycles. The van der Waals surface area contributed by atoms with Crippen molar-refractivity contribution < 1.29 is 14.3 Å². The number of amides is 1. The highest BCUT2D eigenvalue weighted by atomic mass is 35.5. The first-order chi connectivity index (χ1) is 14.9. The number of aromatic amines is 2. The standard InChI is InChI=1S/C22H17Cl2N3O4/c1-30-20-8-12(3-7-19(20)31-11-13-2-4-14(23)9-16(13)24)21(28)25-15-5-6-17-18(10-15)27-22(29)26-17/h2-10H,11H2,1H3,(H,25,28)(H2,26,27,29).